The number of likely N-dealkylation sites (N-methyl/N-ethyl adjacent to an activating group) is 1. The fourth-order valence-electron chi connectivity index (χ4n) is 2.21. The van der Waals surface area contributed by atoms with Gasteiger partial charge in [0.05, 0.1) is 0 Å². The summed E-state index contributed by atoms with van der Waals surface area (Å²) in [5.41, 5.74) is 0. The molecule has 1 fully saturated rings. The Bertz CT molecular complexity index is 161. The van der Waals surface area contributed by atoms with Crippen molar-refractivity contribution >= 4 is 11.8 Å². The van der Waals surface area contributed by atoms with Crippen molar-refractivity contribution < 1.29 is 0 Å². The molecule has 1 rings (SSSR count). The summed E-state index contributed by atoms with van der Waals surface area (Å²) in [5.74, 6) is 0.776. The molecule has 0 aromatic carbocycles. The van der Waals surface area contributed by atoms with Crippen LogP contribution in [0.2, 0.25) is 0 Å². The zero-order chi connectivity index (χ0) is 10.6. The molecular weight excluding hydrogens is 192 g/mol. The molecule has 3 heteroatoms. The minimum absolute atomic E-state index is 0.748. The third-order valence-electron chi connectivity index (χ3n) is 2.91. The zero-order valence-corrected chi connectivity index (χ0v) is 10.7. The van der Waals surface area contributed by atoms with E-state index in [4.69, 9.17) is 0 Å². The Hall–Kier alpha value is 0.270. The number of rotatable bonds is 5. The van der Waals surface area contributed by atoms with Crippen molar-refractivity contribution in [3.05, 3.63) is 0 Å². The van der Waals surface area contributed by atoms with Gasteiger partial charge in [-0.05, 0) is 18.7 Å². The molecule has 2 unspecified atom stereocenters. The Morgan fingerprint density at radius 2 is 2.14 bits per heavy atom. The van der Waals surface area contributed by atoms with Crippen molar-refractivity contribution in [2.24, 2.45) is 5.92 Å². The number of hydrogen-bond donors (Lipinski definition) is 1. The summed E-state index contributed by atoms with van der Waals surface area (Å²) in [7, 11) is 0. The van der Waals surface area contributed by atoms with Crippen LogP contribution in [0.4, 0.5) is 0 Å². The van der Waals surface area contributed by atoms with Crippen LogP contribution in [-0.2, 0) is 0 Å². The Labute approximate surface area is 92.8 Å². The van der Waals surface area contributed by atoms with Crippen LogP contribution >= 0.6 is 11.8 Å². The predicted octanol–water partition coefficient (Wildman–Crippen LogP) is 1.67. The van der Waals surface area contributed by atoms with Crippen LogP contribution < -0.4 is 5.32 Å². The van der Waals surface area contributed by atoms with Crippen molar-refractivity contribution in [2.75, 3.05) is 32.4 Å². The lowest BCUT2D eigenvalue weighted by atomic mass is 10.1. The van der Waals surface area contributed by atoms with Crippen LogP contribution in [0.3, 0.4) is 0 Å². The van der Waals surface area contributed by atoms with Crippen LogP contribution in [-0.4, -0.2) is 48.6 Å². The summed E-state index contributed by atoms with van der Waals surface area (Å²) in [4.78, 5) is 2.63. The molecule has 1 aliphatic rings. The van der Waals surface area contributed by atoms with E-state index in [9.17, 15) is 0 Å². The Morgan fingerprint density at radius 3 is 2.64 bits per heavy atom. The maximum atomic E-state index is 3.50. The largest absolute Gasteiger partial charge is 0.314 e. The Morgan fingerprint density at radius 1 is 1.43 bits per heavy atom. The minimum atomic E-state index is 0.748. The normalized spacial score (nSPS) is 27.9. The fraction of sp³-hybridized carbons (Fsp3) is 1.00. The van der Waals surface area contributed by atoms with Crippen molar-refractivity contribution in [3.8, 4) is 0 Å². The molecule has 2 nitrogen and oxygen atoms in total. The molecule has 1 aliphatic heterocycles. The highest BCUT2D eigenvalue weighted by atomic mass is 32.2. The topological polar surface area (TPSA) is 15.3 Å². The van der Waals surface area contributed by atoms with Crippen molar-refractivity contribution in [3.63, 3.8) is 0 Å². The molecule has 84 valence electrons. The molecular formula is C11H24N2S. The van der Waals surface area contributed by atoms with E-state index in [1.54, 1.807) is 0 Å². The fourth-order valence-corrected chi connectivity index (χ4v) is 3.08. The smallest absolute Gasteiger partial charge is 0.0351 e. The third kappa shape index (κ3) is 3.14. The highest BCUT2D eigenvalue weighted by molar-refractivity contribution is 7.99. The maximum Gasteiger partial charge on any atom is 0.0351 e. The van der Waals surface area contributed by atoms with Gasteiger partial charge in [0, 0.05) is 30.9 Å². The van der Waals surface area contributed by atoms with Crippen LogP contribution in [0.15, 0.2) is 0 Å². The molecule has 0 saturated carbocycles. The monoisotopic (exact) mass is 216 g/mol. The van der Waals surface area contributed by atoms with Crippen molar-refractivity contribution in [1.82, 2.24) is 10.2 Å². The molecule has 2 atom stereocenters. The summed E-state index contributed by atoms with van der Waals surface area (Å²) in [5, 5.41) is 4.28. The summed E-state index contributed by atoms with van der Waals surface area (Å²) in [6.45, 7) is 11.7. The Kier molecular flexibility index (Phi) is 5.28. The number of thioether (sulfide) groups is 1. The van der Waals surface area contributed by atoms with Crippen LogP contribution in [0.1, 0.15) is 20.8 Å². The summed E-state index contributed by atoms with van der Waals surface area (Å²) < 4.78 is 0. The summed E-state index contributed by atoms with van der Waals surface area (Å²) in [6, 6.07) is 0.748. The second kappa shape index (κ2) is 5.99. The van der Waals surface area contributed by atoms with Gasteiger partial charge in [-0.1, -0.05) is 20.8 Å². The summed E-state index contributed by atoms with van der Waals surface area (Å²) in [6.07, 6.45) is 2.23. The van der Waals surface area contributed by atoms with E-state index in [1.165, 1.54) is 26.2 Å². The van der Waals surface area contributed by atoms with Gasteiger partial charge in [-0.3, -0.25) is 4.90 Å². The molecule has 0 aromatic heterocycles. The van der Waals surface area contributed by atoms with E-state index in [2.05, 4.69) is 37.2 Å². The van der Waals surface area contributed by atoms with E-state index >= 15 is 0 Å². The lowest BCUT2D eigenvalue weighted by Crippen LogP contribution is -2.43. The van der Waals surface area contributed by atoms with Gasteiger partial charge in [0.1, 0.15) is 0 Å². The molecule has 0 aliphatic carbocycles. The molecule has 0 amide bonds. The van der Waals surface area contributed by atoms with Gasteiger partial charge >= 0.3 is 0 Å². The third-order valence-corrected chi connectivity index (χ3v) is 3.99. The van der Waals surface area contributed by atoms with Gasteiger partial charge in [-0.2, -0.15) is 11.8 Å². The predicted molar refractivity (Wildman–Crippen MR) is 66.0 cm³/mol. The molecule has 14 heavy (non-hydrogen) atoms. The average molecular weight is 216 g/mol. The number of nitrogens with one attached hydrogen (secondary N) is 1. The molecule has 1 N–H and O–H groups in total. The van der Waals surface area contributed by atoms with Gasteiger partial charge < -0.3 is 5.32 Å². The first kappa shape index (κ1) is 12.3. The van der Waals surface area contributed by atoms with E-state index in [0.29, 0.717) is 0 Å². The first-order valence-corrected chi connectivity index (χ1v) is 6.95. The molecule has 0 spiro atoms. The van der Waals surface area contributed by atoms with Crippen molar-refractivity contribution in [2.45, 2.75) is 32.1 Å². The van der Waals surface area contributed by atoms with Gasteiger partial charge in [-0.25, -0.2) is 0 Å². The van der Waals surface area contributed by atoms with E-state index in [1.807, 2.05) is 11.8 Å². The van der Waals surface area contributed by atoms with Gasteiger partial charge in [0.2, 0.25) is 0 Å². The molecule has 1 heterocycles. The first-order valence-electron chi connectivity index (χ1n) is 5.66. The van der Waals surface area contributed by atoms with Crippen LogP contribution in [0.5, 0.6) is 0 Å². The molecule has 0 radical (unpaired) electrons. The SMILES string of the molecule is CCN(CC(C)C)C1CNCC1SC. The second-order valence-corrected chi connectivity index (χ2v) is 5.56. The lowest BCUT2D eigenvalue weighted by molar-refractivity contribution is 0.199. The van der Waals surface area contributed by atoms with Crippen LogP contribution in [0, 0.1) is 5.92 Å². The maximum absolute atomic E-state index is 3.50. The van der Waals surface area contributed by atoms with E-state index in [0.717, 1.165) is 17.2 Å². The standard InChI is InChI=1S/C11H24N2S/c1-5-13(8-9(2)3)10-6-12-7-11(10)14-4/h9-12H,5-8H2,1-4H3. The zero-order valence-electron chi connectivity index (χ0n) is 9.92. The molecule has 0 bridgehead atoms. The van der Waals surface area contributed by atoms with Gasteiger partial charge in [-0.15, -0.1) is 0 Å². The van der Waals surface area contributed by atoms with Gasteiger partial charge in [0.25, 0.3) is 0 Å². The van der Waals surface area contributed by atoms with Crippen molar-refractivity contribution in [1.29, 1.82) is 0 Å². The minimum Gasteiger partial charge on any atom is -0.314 e. The number of nitrogens with zero attached hydrogens (tertiary/aromatic N) is 1. The first-order chi connectivity index (χ1) is 6.69. The van der Waals surface area contributed by atoms with E-state index < -0.39 is 0 Å². The Balaban J connectivity index is 2.49. The quantitative estimate of drug-likeness (QED) is 0.752. The molecule has 1 saturated heterocycles. The lowest BCUT2D eigenvalue weighted by Gasteiger charge is -2.32. The number of hydrogen-bond acceptors (Lipinski definition) is 3. The van der Waals surface area contributed by atoms with Crippen LogP contribution in [0.25, 0.3) is 0 Å². The van der Waals surface area contributed by atoms with Gasteiger partial charge in [0.15, 0.2) is 0 Å². The van der Waals surface area contributed by atoms with E-state index in [-0.39, 0.29) is 0 Å². The summed E-state index contributed by atoms with van der Waals surface area (Å²) >= 11 is 2.01. The highest BCUT2D eigenvalue weighted by Crippen LogP contribution is 2.20. The highest BCUT2D eigenvalue weighted by Gasteiger charge is 2.30. The molecule has 0 aromatic rings. The second-order valence-electron chi connectivity index (χ2n) is 4.48. The average Bonchev–Trinajstić information content (AvgIpc) is 2.61.